The number of sulfonamides is 1. The summed E-state index contributed by atoms with van der Waals surface area (Å²) in [6, 6.07) is 9.05. The van der Waals surface area contributed by atoms with Crippen LogP contribution < -0.4 is 10.0 Å². The van der Waals surface area contributed by atoms with Crippen LogP contribution in [0.15, 0.2) is 52.4 Å². The third kappa shape index (κ3) is 3.82. The lowest BCUT2D eigenvalue weighted by Crippen LogP contribution is -2.23. The summed E-state index contributed by atoms with van der Waals surface area (Å²) in [6.07, 6.45) is -0.0779. The van der Waals surface area contributed by atoms with Gasteiger partial charge in [-0.25, -0.2) is 17.2 Å². The van der Waals surface area contributed by atoms with Crippen LogP contribution in [-0.4, -0.2) is 26.7 Å². The minimum absolute atomic E-state index is 0.00191. The summed E-state index contributed by atoms with van der Waals surface area (Å²) in [5, 5.41) is 2.36. The van der Waals surface area contributed by atoms with Crippen molar-refractivity contribution in [3.05, 3.63) is 59.7 Å². The number of hydrogen-bond donors (Lipinski definition) is 2. The predicted octanol–water partition coefficient (Wildman–Crippen LogP) is 2.03. The second-order valence-electron chi connectivity index (χ2n) is 5.29. The summed E-state index contributed by atoms with van der Waals surface area (Å²) in [6.45, 7) is 0.00974. The van der Waals surface area contributed by atoms with Crippen molar-refractivity contribution in [2.24, 2.45) is 4.99 Å². The molecular formula is C16H13F2N3O3S. The van der Waals surface area contributed by atoms with Crippen LogP contribution in [0.4, 0.5) is 14.5 Å². The lowest BCUT2D eigenvalue weighted by atomic mass is 10.2. The molecule has 0 aliphatic carbocycles. The Morgan fingerprint density at radius 3 is 2.52 bits per heavy atom. The normalized spacial score (nSPS) is 16.3. The van der Waals surface area contributed by atoms with E-state index in [1.165, 1.54) is 6.07 Å². The van der Waals surface area contributed by atoms with E-state index >= 15 is 0 Å². The first-order chi connectivity index (χ1) is 11.8. The fraction of sp³-hybridized carbons (Fsp3) is 0.125. The molecule has 6 nitrogen and oxygen atoms in total. The maximum Gasteiger partial charge on any atom is 0.263 e. The Labute approximate surface area is 142 Å². The smallest absolute Gasteiger partial charge is 0.263 e. The first-order valence-electron chi connectivity index (χ1n) is 7.28. The number of fused-ring (bicyclic) bond motifs is 1. The van der Waals surface area contributed by atoms with E-state index in [0.29, 0.717) is 11.6 Å². The molecule has 9 heteroatoms. The lowest BCUT2D eigenvalue weighted by Gasteiger charge is -2.05. The van der Waals surface area contributed by atoms with Crippen molar-refractivity contribution in [1.29, 1.82) is 0 Å². The Hall–Kier alpha value is -2.81. The van der Waals surface area contributed by atoms with Gasteiger partial charge in [-0.3, -0.25) is 14.5 Å². The molecule has 2 N–H and O–H groups in total. The minimum Gasteiger partial charge on any atom is -0.326 e. The van der Waals surface area contributed by atoms with E-state index in [4.69, 9.17) is 0 Å². The summed E-state index contributed by atoms with van der Waals surface area (Å²) in [5.74, 6) is -1.93. The first-order valence-corrected chi connectivity index (χ1v) is 8.76. The van der Waals surface area contributed by atoms with E-state index in [1.54, 1.807) is 18.2 Å². The van der Waals surface area contributed by atoms with Crippen LogP contribution in [0.3, 0.4) is 0 Å². The van der Waals surface area contributed by atoms with Crippen LogP contribution in [-0.2, 0) is 14.8 Å². The lowest BCUT2D eigenvalue weighted by molar-refractivity contribution is -0.116. The third-order valence-electron chi connectivity index (χ3n) is 3.42. The zero-order chi connectivity index (χ0) is 18.0. The number of rotatable bonds is 4. The van der Waals surface area contributed by atoms with Gasteiger partial charge in [-0.05, 0) is 24.3 Å². The van der Waals surface area contributed by atoms with Gasteiger partial charge in [-0.2, -0.15) is 0 Å². The highest BCUT2D eigenvalue weighted by molar-refractivity contribution is 7.90. The molecule has 1 heterocycles. The Bertz CT molecular complexity index is 954. The molecule has 0 atom stereocenters. The molecule has 130 valence electrons. The predicted molar refractivity (Wildman–Crippen MR) is 87.8 cm³/mol. The van der Waals surface area contributed by atoms with Crippen molar-refractivity contribution in [3.8, 4) is 0 Å². The standard InChI is InChI=1S/C16H13F2N3O3S/c17-10-7-11(18)9-12(8-10)20-15(22)5-6-19-16-13-3-1-2-4-14(13)25(23,24)21-16/h1-4,7-9H,5-6H2,(H,19,21)(H,20,22). The van der Waals surface area contributed by atoms with Crippen LogP contribution >= 0.6 is 0 Å². The summed E-state index contributed by atoms with van der Waals surface area (Å²) >= 11 is 0. The van der Waals surface area contributed by atoms with Gasteiger partial charge in [-0.1, -0.05) is 12.1 Å². The summed E-state index contributed by atoms with van der Waals surface area (Å²) in [7, 11) is -3.63. The SMILES string of the molecule is O=C(CCN=C1NS(=O)(=O)c2ccccc21)Nc1cc(F)cc(F)c1. The van der Waals surface area contributed by atoms with Gasteiger partial charge >= 0.3 is 0 Å². The summed E-state index contributed by atoms with van der Waals surface area (Å²) in [4.78, 5) is 16.0. The molecule has 1 amide bonds. The van der Waals surface area contributed by atoms with E-state index in [2.05, 4.69) is 15.0 Å². The van der Waals surface area contributed by atoms with Gasteiger partial charge in [0.25, 0.3) is 10.0 Å². The van der Waals surface area contributed by atoms with E-state index in [1.807, 2.05) is 0 Å². The Morgan fingerprint density at radius 2 is 1.80 bits per heavy atom. The number of anilines is 1. The molecule has 1 aliphatic rings. The molecular weight excluding hydrogens is 352 g/mol. The second kappa shape index (κ2) is 6.60. The Balaban J connectivity index is 1.65. The van der Waals surface area contributed by atoms with Crippen molar-refractivity contribution >= 4 is 27.5 Å². The van der Waals surface area contributed by atoms with Gasteiger partial charge < -0.3 is 5.32 Å². The number of aliphatic imine (C=N–C) groups is 1. The van der Waals surface area contributed by atoms with Gasteiger partial charge in [0.1, 0.15) is 17.5 Å². The maximum atomic E-state index is 13.1. The number of nitrogens with zero attached hydrogens (tertiary/aromatic N) is 1. The number of carbonyl (C=O) groups is 1. The maximum absolute atomic E-state index is 13.1. The van der Waals surface area contributed by atoms with E-state index in [0.717, 1.165) is 12.1 Å². The van der Waals surface area contributed by atoms with Gasteiger partial charge in [0.2, 0.25) is 5.91 Å². The second-order valence-corrected chi connectivity index (χ2v) is 6.94. The van der Waals surface area contributed by atoms with Crippen LogP contribution in [0.2, 0.25) is 0 Å². The number of hydrogen-bond acceptors (Lipinski definition) is 4. The van der Waals surface area contributed by atoms with Crippen LogP contribution in [0.25, 0.3) is 0 Å². The molecule has 25 heavy (non-hydrogen) atoms. The molecule has 0 radical (unpaired) electrons. The Morgan fingerprint density at radius 1 is 1.12 bits per heavy atom. The van der Waals surface area contributed by atoms with Crippen molar-refractivity contribution < 1.29 is 22.0 Å². The number of halogens is 2. The monoisotopic (exact) mass is 365 g/mol. The minimum atomic E-state index is -3.63. The van der Waals surface area contributed by atoms with Gasteiger partial charge in [0.05, 0.1) is 11.4 Å². The van der Waals surface area contributed by atoms with Crippen LogP contribution in [0, 0.1) is 11.6 Å². The number of carbonyl (C=O) groups excluding carboxylic acids is 1. The molecule has 1 aliphatic heterocycles. The quantitative estimate of drug-likeness (QED) is 0.869. The molecule has 0 aromatic heterocycles. The molecule has 0 saturated carbocycles. The van der Waals surface area contributed by atoms with Crippen molar-refractivity contribution in [2.75, 3.05) is 11.9 Å². The fourth-order valence-corrected chi connectivity index (χ4v) is 3.62. The van der Waals surface area contributed by atoms with Crippen molar-refractivity contribution in [1.82, 2.24) is 4.72 Å². The molecule has 0 bridgehead atoms. The molecule has 2 aromatic carbocycles. The van der Waals surface area contributed by atoms with Gasteiger partial charge in [0.15, 0.2) is 0 Å². The van der Waals surface area contributed by atoms with Crippen molar-refractivity contribution in [3.63, 3.8) is 0 Å². The molecule has 3 rings (SSSR count). The van der Waals surface area contributed by atoms with Gasteiger partial charge in [0, 0.05) is 23.7 Å². The average molecular weight is 365 g/mol. The van der Waals surface area contributed by atoms with Crippen LogP contribution in [0.1, 0.15) is 12.0 Å². The Kier molecular flexibility index (Phi) is 4.49. The first kappa shape index (κ1) is 17.0. The van der Waals surface area contributed by atoms with Crippen LogP contribution in [0.5, 0.6) is 0 Å². The zero-order valence-electron chi connectivity index (χ0n) is 12.8. The fourth-order valence-electron chi connectivity index (χ4n) is 2.37. The van der Waals surface area contributed by atoms with E-state index in [-0.39, 0.29) is 29.4 Å². The average Bonchev–Trinajstić information content (AvgIpc) is 2.78. The molecule has 0 unspecified atom stereocenters. The topological polar surface area (TPSA) is 87.6 Å². The van der Waals surface area contributed by atoms with E-state index in [9.17, 15) is 22.0 Å². The summed E-state index contributed by atoms with van der Waals surface area (Å²) < 4.78 is 52.3. The highest BCUT2D eigenvalue weighted by Gasteiger charge is 2.29. The van der Waals surface area contributed by atoms with Gasteiger partial charge in [-0.15, -0.1) is 0 Å². The molecule has 0 spiro atoms. The number of amidine groups is 1. The largest absolute Gasteiger partial charge is 0.326 e. The third-order valence-corrected chi connectivity index (χ3v) is 4.81. The molecule has 2 aromatic rings. The number of nitrogens with one attached hydrogen (secondary N) is 2. The number of benzene rings is 2. The molecule has 0 fully saturated rings. The van der Waals surface area contributed by atoms with Crippen molar-refractivity contribution in [2.45, 2.75) is 11.3 Å². The zero-order valence-corrected chi connectivity index (χ0v) is 13.6. The number of amides is 1. The van der Waals surface area contributed by atoms with E-state index < -0.39 is 27.6 Å². The highest BCUT2D eigenvalue weighted by atomic mass is 32.2. The molecule has 0 saturated heterocycles. The summed E-state index contributed by atoms with van der Waals surface area (Å²) in [5.41, 5.74) is 0.442. The highest BCUT2D eigenvalue weighted by Crippen LogP contribution is 2.22.